The fourth-order valence-corrected chi connectivity index (χ4v) is 3.43. The summed E-state index contributed by atoms with van der Waals surface area (Å²) in [7, 11) is 0. The van der Waals surface area contributed by atoms with Gasteiger partial charge in [0.15, 0.2) is 28.4 Å². The van der Waals surface area contributed by atoms with Gasteiger partial charge in [-0.05, 0) is 37.0 Å². The number of aliphatic carboxylic acids is 2. The molecule has 2 aromatic rings. The Hall–Kier alpha value is -4.17. The van der Waals surface area contributed by atoms with Gasteiger partial charge < -0.3 is 32.2 Å². The standard InChI is InChI=1S/C22H29ClN8O6/c23-18-20(25)29-19(24)17(28-18)21(36)31(22(26)27)8-2-1-3-13-4-6-14(7-5-13)37-10-9-30(11-15(32)33)12-16(34)35/h4-7H,1-3,8-12H2,(H3,26,27)(H,32,33)(H,34,35)(H4,24,25,29). The Morgan fingerprint density at radius 1 is 0.973 bits per heavy atom. The minimum atomic E-state index is -1.12. The van der Waals surface area contributed by atoms with Crippen molar-refractivity contribution in [1.82, 2.24) is 19.8 Å². The first-order chi connectivity index (χ1) is 17.5. The average molecular weight is 537 g/mol. The maximum absolute atomic E-state index is 12.8. The van der Waals surface area contributed by atoms with Crippen molar-refractivity contribution in [3.63, 3.8) is 0 Å². The topological polar surface area (TPSA) is 235 Å². The van der Waals surface area contributed by atoms with Crippen LogP contribution in [0.4, 0.5) is 11.6 Å². The number of guanidine groups is 1. The third-order valence-corrected chi connectivity index (χ3v) is 5.34. The molecule has 0 aliphatic heterocycles. The second kappa shape index (κ2) is 13.8. The van der Waals surface area contributed by atoms with Crippen LogP contribution in [-0.4, -0.2) is 86.6 Å². The van der Waals surface area contributed by atoms with E-state index in [9.17, 15) is 14.4 Å². The molecule has 2 rings (SSSR count). The number of aromatic nitrogens is 2. The number of carboxylic acids is 2. The molecule has 0 saturated carbocycles. The lowest BCUT2D eigenvalue weighted by molar-refractivity contribution is -0.141. The van der Waals surface area contributed by atoms with Gasteiger partial charge in [-0.25, -0.2) is 9.97 Å². The van der Waals surface area contributed by atoms with E-state index in [2.05, 4.69) is 9.97 Å². The van der Waals surface area contributed by atoms with Crippen LogP contribution >= 0.6 is 11.6 Å². The summed E-state index contributed by atoms with van der Waals surface area (Å²) in [5.74, 6) is -3.17. The van der Waals surface area contributed by atoms with E-state index in [-0.39, 0.29) is 42.2 Å². The molecule has 15 heteroatoms. The molecular weight excluding hydrogens is 508 g/mol. The molecule has 0 unspecified atom stereocenters. The number of anilines is 2. The molecule has 0 fully saturated rings. The fourth-order valence-electron chi connectivity index (χ4n) is 3.30. The highest BCUT2D eigenvalue weighted by Gasteiger charge is 2.24. The van der Waals surface area contributed by atoms with Crippen molar-refractivity contribution in [2.24, 2.45) is 5.73 Å². The number of rotatable bonds is 14. The quantitative estimate of drug-likeness (QED) is 0.110. The first-order valence-electron chi connectivity index (χ1n) is 11.1. The number of nitrogen functional groups attached to an aromatic ring is 2. The molecule has 0 bridgehead atoms. The van der Waals surface area contributed by atoms with Crippen LogP contribution < -0.4 is 21.9 Å². The molecule has 0 saturated heterocycles. The van der Waals surface area contributed by atoms with Crippen LogP contribution in [0.5, 0.6) is 5.75 Å². The number of nitrogens with one attached hydrogen (secondary N) is 1. The predicted molar refractivity (Wildman–Crippen MR) is 135 cm³/mol. The summed E-state index contributed by atoms with van der Waals surface area (Å²) >= 11 is 5.83. The van der Waals surface area contributed by atoms with Gasteiger partial charge in [-0.3, -0.25) is 29.6 Å². The lowest BCUT2D eigenvalue weighted by atomic mass is 10.1. The minimum Gasteiger partial charge on any atom is -0.492 e. The number of nitrogens with two attached hydrogens (primary N) is 3. The fraction of sp³-hybridized carbons (Fsp3) is 0.364. The Morgan fingerprint density at radius 3 is 2.16 bits per heavy atom. The summed E-state index contributed by atoms with van der Waals surface area (Å²) < 4.78 is 5.58. The van der Waals surface area contributed by atoms with E-state index in [1.165, 1.54) is 4.90 Å². The van der Waals surface area contributed by atoms with E-state index in [0.29, 0.717) is 25.0 Å². The number of hydrogen-bond acceptors (Lipinski definition) is 10. The van der Waals surface area contributed by atoms with Gasteiger partial charge in [0, 0.05) is 13.1 Å². The number of carbonyl (C=O) groups excluding carboxylic acids is 1. The Balaban J connectivity index is 1.83. The second-order valence-corrected chi connectivity index (χ2v) is 8.28. The zero-order chi connectivity index (χ0) is 27.5. The van der Waals surface area contributed by atoms with E-state index < -0.39 is 36.9 Å². The van der Waals surface area contributed by atoms with Gasteiger partial charge in [-0.1, -0.05) is 23.7 Å². The molecule has 1 aromatic carbocycles. The molecule has 200 valence electrons. The second-order valence-electron chi connectivity index (χ2n) is 7.92. The summed E-state index contributed by atoms with van der Waals surface area (Å²) in [6, 6.07) is 7.24. The van der Waals surface area contributed by atoms with Crippen molar-refractivity contribution in [2.75, 3.05) is 44.3 Å². The number of carboxylic acid groups (broad SMARTS) is 2. The Labute approximate surface area is 217 Å². The number of benzene rings is 1. The molecule has 14 nitrogen and oxygen atoms in total. The minimum absolute atomic E-state index is 0.111. The number of halogens is 1. The molecule has 0 atom stereocenters. The average Bonchev–Trinajstić information content (AvgIpc) is 2.81. The normalized spacial score (nSPS) is 10.8. The van der Waals surface area contributed by atoms with Crippen molar-refractivity contribution in [2.45, 2.75) is 19.3 Å². The molecule has 0 spiro atoms. The van der Waals surface area contributed by atoms with E-state index in [1.54, 1.807) is 12.1 Å². The number of ether oxygens (including phenoxy) is 1. The van der Waals surface area contributed by atoms with Crippen LogP contribution in [0.2, 0.25) is 5.15 Å². The molecule has 1 aromatic heterocycles. The third kappa shape index (κ3) is 9.42. The van der Waals surface area contributed by atoms with Gasteiger partial charge in [0.05, 0.1) is 13.1 Å². The Morgan fingerprint density at radius 2 is 1.59 bits per heavy atom. The predicted octanol–water partition coefficient (Wildman–Crippen LogP) is 0.503. The summed E-state index contributed by atoms with van der Waals surface area (Å²) in [6.45, 7) is -0.359. The first-order valence-corrected chi connectivity index (χ1v) is 11.5. The Bertz CT molecular complexity index is 1110. The highest BCUT2D eigenvalue weighted by molar-refractivity contribution is 6.31. The van der Waals surface area contributed by atoms with Crippen molar-refractivity contribution in [1.29, 1.82) is 5.41 Å². The van der Waals surface area contributed by atoms with Gasteiger partial charge in [0.25, 0.3) is 5.91 Å². The SMILES string of the molecule is N=C(N)N(CCCCc1ccc(OCCN(CC(=O)O)CC(=O)O)cc1)C(=O)c1nc(Cl)c(N)nc1N. The summed E-state index contributed by atoms with van der Waals surface area (Å²) in [4.78, 5) is 44.4. The summed E-state index contributed by atoms with van der Waals surface area (Å²) in [6.07, 6.45) is 1.89. The van der Waals surface area contributed by atoms with E-state index in [1.807, 2.05) is 12.1 Å². The maximum atomic E-state index is 12.8. The molecule has 9 N–H and O–H groups in total. The molecule has 0 aliphatic carbocycles. The number of unbranched alkanes of at least 4 members (excludes halogenated alkanes) is 1. The zero-order valence-corrected chi connectivity index (χ0v) is 20.6. The highest BCUT2D eigenvalue weighted by Crippen LogP contribution is 2.19. The van der Waals surface area contributed by atoms with Crippen LogP contribution in [0.1, 0.15) is 28.9 Å². The maximum Gasteiger partial charge on any atom is 0.317 e. The molecular formula is C22H29ClN8O6. The molecule has 37 heavy (non-hydrogen) atoms. The van der Waals surface area contributed by atoms with Crippen LogP contribution in [0.25, 0.3) is 0 Å². The number of amides is 1. The van der Waals surface area contributed by atoms with Crippen molar-refractivity contribution >= 4 is 47.0 Å². The van der Waals surface area contributed by atoms with E-state index >= 15 is 0 Å². The van der Waals surface area contributed by atoms with Crippen LogP contribution in [0.15, 0.2) is 24.3 Å². The number of hydrogen-bond donors (Lipinski definition) is 6. The van der Waals surface area contributed by atoms with Gasteiger partial charge in [0.1, 0.15) is 12.4 Å². The molecule has 1 amide bonds. The van der Waals surface area contributed by atoms with Gasteiger partial charge in [0.2, 0.25) is 0 Å². The Kier molecular flexibility index (Phi) is 10.8. The zero-order valence-electron chi connectivity index (χ0n) is 19.9. The lowest BCUT2D eigenvalue weighted by Crippen LogP contribution is -2.42. The lowest BCUT2D eigenvalue weighted by Gasteiger charge is -2.20. The highest BCUT2D eigenvalue weighted by atomic mass is 35.5. The van der Waals surface area contributed by atoms with Crippen molar-refractivity contribution in [3.05, 3.63) is 40.7 Å². The molecule has 1 heterocycles. The summed E-state index contributed by atoms with van der Waals surface area (Å²) in [5.41, 5.74) is 17.6. The third-order valence-electron chi connectivity index (χ3n) is 5.06. The van der Waals surface area contributed by atoms with Crippen molar-refractivity contribution < 1.29 is 29.3 Å². The van der Waals surface area contributed by atoms with Crippen molar-refractivity contribution in [3.8, 4) is 5.75 Å². The van der Waals surface area contributed by atoms with Gasteiger partial charge in [-0.15, -0.1) is 0 Å². The molecule has 0 radical (unpaired) electrons. The number of nitrogens with zero attached hydrogens (tertiary/aromatic N) is 4. The van der Waals surface area contributed by atoms with E-state index in [0.717, 1.165) is 10.5 Å². The number of carbonyl (C=O) groups is 3. The summed E-state index contributed by atoms with van der Waals surface area (Å²) in [5, 5.41) is 25.3. The number of aryl methyl sites for hydroxylation is 1. The van der Waals surface area contributed by atoms with Crippen LogP contribution in [0.3, 0.4) is 0 Å². The smallest absolute Gasteiger partial charge is 0.317 e. The van der Waals surface area contributed by atoms with Gasteiger partial charge >= 0.3 is 11.9 Å². The largest absolute Gasteiger partial charge is 0.492 e. The van der Waals surface area contributed by atoms with Gasteiger partial charge in [-0.2, -0.15) is 0 Å². The van der Waals surface area contributed by atoms with Crippen LogP contribution in [-0.2, 0) is 16.0 Å². The van der Waals surface area contributed by atoms with E-state index in [4.69, 9.17) is 49.2 Å². The first kappa shape index (κ1) is 29.1. The van der Waals surface area contributed by atoms with Crippen LogP contribution in [0, 0.1) is 5.41 Å². The monoisotopic (exact) mass is 536 g/mol. The molecule has 0 aliphatic rings.